The number of amides is 1. The number of hydrogen-bond donors (Lipinski definition) is 2. The standard InChI is InChI=1S/C12H15N5O/c1-8(2)14-11(18)7-10-15-12(17-16-10)9-3-5-13-6-4-9/h3-6,8H,7H2,1-2H3,(H,14,18)(H,15,16,17). The Hall–Kier alpha value is -2.24. The van der Waals surface area contributed by atoms with E-state index < -0.39 is 0 Å². The highest BCUT2D eigenvalue weighted by molar-refractivity contribution is 5.78. The van der Waals surface area contributed by atoms with Crippen molar-refractivity contribution < 1.29 is 4.79 Å². The molecule has 0 aromatic carbocycles. The van der Waals surface area contributed by atoms with Gasteiger partial charge in [0.05, 0.1) is 6.42 Å². The van der Waals surface area contributed by atoms with E-state index in [0.717, 1.165) is 5.56 Å². The number of nitrogens with zero attached hydrogens (tertiary/aromatic N) is 3. The minimum Gasteiger partial charge on any atom is -0.354 e. The molecule has 2 rings (SSSR count). The third-order valence-electron chi connectivity index (χ3n) is 2.25. The van der Waals surface area contributed by atoms with Crippen molar-refractivity contribution in [3.63, 3.8) is 0 Å². The van der Waals surface area contributed by atoms with Gasteiger partial charge in [0.15, 0.2) is 5.82 Å². The molecule has 0 unspecified atom stereocenters. The molecule has 0 bridgehead atoms. The second-order valence-corrected chi connectivity index (χ2v) is 4.24. The zero-order chi connectivity index (χ0) is 13.0. The van der Waals surface area contributed by atoms with Crippen LogP contribution in [0.4, 0.5) is 0 Å². The van der Waals surface area contributed by atoms with Crippen LogP contribution in [-0.2, 0) is 11.2 Å². The van der Waals surface area contributed by atoms with Crippen molar-refractivity contribution in [1.82, 2.24) is 25.5 Å². The summed E-state index contributed by atoms with van der Waals surface area (Å²) >= 11 is 0. The molecule has 94 valence electrons. The van der Waals surface area contributed by atoms with Crippen LogP contribution in [0.3, 0.4) is 0 Å². The fourth-order valence-corrected chi connectivity index (χ4v) is 1.53. The minimum absolute atomic E-state index is 0.0672. The molecule has 2 heterocycles. The smallest absolute Gasteiger partial charge is 0.227 e. The third-order valence-corrected chi connectivity index (χ3v) is 2.25. The molecular weight excluding hydrogens is 230 g/mol. The lowest BCUT2D eigenvalue weighted by Crippen LogP contribution is -2.31. The molecule has 0 fully saturated rings. The lowest BCUT2D eigenvalue weighted by molar-refractivity contribution is -0.121. The van der Waals surface area contributed by atoms with E-state index in [1.165, 1.54) is 0 Å². The first-order valence-corrected chi connectivity index (χ1v) is 5.76. The summed E-state index contributed by atoms with van der Waals surface area (Å²) in [5, 5.41) is 9.64. The first kappa shape index (κ1) is 12.2. The third kappa shape index (κ3) is 3.13. The van der Waals surface area contributed by atoms with Crippen molar-refractivity contribution >= 4 is 5.91 Å². The van der Waals surface area contributed by atoms with Gasteiger partial charge in [-0.2, -0.15) is 5.10 Å². The number of rotatable bonds is 4. The second-order valence-electron chi connectivity index (χ2n) is 4.24. The van der Waals surface area contributed by atoms with Crippen molar-refractivity contribution in [2.45, 2.75) is 26.3 Å². The van der Waals surface area contributed by atoms with E-state index in [2.05, 4.69) is 25.5 Å². The van der Waals surface area contributed by atoms with Gasteiger partial charge in [0.2, 0.25) is 5.91 Å². The van der Waals surface area contributed by atoms with Crippen LogP contribution in [0.1, 0.15) is 19.7 Å². The van der Waals surface area contributed by atoms with Gasteiger partial charge in [-0.1, -0.05) is 0 Å². The number of carbonyl (C=O) groups is 1. The molecule has 6 nitrogen and oxygen atoms in total. The summed E-state index contributed by atoms with van der Waals surface area (Å²) < 4.78 is 0. The molecule has 0 aliphatic heterocycles. The van der Waals surface area contributed by atoms with Crippen LogP contribution in [0.5, 0.6) is 0 Å². The van der Waals surface area contributed by atoms with Crippen molar-refractivity contribution in [2.24, 2.45) is 0 Å². The molecule has 0 saturated carbocycles. The van der Waals surface area contributed by atoms with E-state index in [1.807, 2.05) is 26.0 Å². The second kappa shape index (κ2) is 5.39. The zero-order valence-corrected chi connectivity index (χ0v) is 10.3. The van der Waals surface area contributed by atoms with Gasteiger partial charge in [-0.3, -0.25) is 14.9 Å². The molecule has 0 saturated heterocycles. The fraction of sp³-hybridized carbons (Fsp3) is 0.333. The van der Waals surface area contributed by atoms with E-state index in [9.17, 15) is 4.79 Å². The van der Waals surface area contributed by atoms with E-state index in [4.69, 9.17) is 0 Å². The number of aromatic amines is 1. The largest absolute Gasteiger partial charge is 0.354 e. The number of H-pyrrole nitrogens is 1. The summed E-state index contributed by atoms with van der Waals surface area (Å²) in [7, 11) is 0. The van der Waals surface area contributed by atoms with Crippen molar-refractivity contribution in [2.75, 3.05) is 0 Å². The van der Waals surface area contributed by atoms with Gasteiger partial charge < -0.3 is 5.32 Å². The Balaban J connectivity index is 2.05. The van der Waals surface area contributed by atoms with Gasteiger partial charge in [0.1, 0.15) is 5.82 Å². The number of nitrogens with one attached hydrogen (secondary N) is 2. The van der Waals surface area contributed by atoms with Crippen LogP contribution in [0.2, 0.25) is 0 Å². The predicted molar refractivity (Wildman–Crippen MR) is 66.6 cm³/mol. The highest BCUT2D eigenvalue weighted by Crippen LogP contribution is 2.12. The summed E-state index contributed by atoms with van der Waals surface area (Å²) in [6.45, 7) is 3.83. The average molecular weight is 245 g/mol. The zero-order valence-electron chi connectivity index (χ0n) is 10.3. The number of pyridine rings is 1. The first-order chi connectivity index (χ1) is 8.65. The minimum atomic E-state index is -0.0672. The maximum atomic E-state index is 11.6. The lowest BCUT2D eigenvalue weighted by Gasteiger charge is -2.05. The van der Waals surface area contributed by atoms with Crippen LogP contribution >= 0.6 is 0 Å². The molecule has 0 atom stereocenters. The summed E-state index contributed by atoms with van der Waals surface area (Å²) in [6.07, 6.45) is 3.56. The topological polar surface area (TPSA) is 83.6 Å². The quantitative estimate of drug-likeness (QED) is 0.839. The Morgan fingerprint density at radius 3 is 2.78 bits per heavy atom. The van der Waals surface area contributed by atoms with Gasteiger partial charge >= 0.3 is 0 Å². The van der Waals surface area contributed by atoms with Crippen LogP contribution in [0.25, 0.3) is 11.4 Å². The molecule has 0 aliphatic carbocycles. The molecule has 0 aliphatic rings. The average Bonchev–Trinajstić information content (AvgIpc) is 2.77. The first-order valence-electron chi connectivity index (χ1n) is 5.76. The van der Waals surface area contributed by atoms with Crippen LogP contribution < -0.4 is 5.32 Å². The van der Waals surface area contributed by atoms with Crippen LogP contribution in [0, 0.1) is 0 Å². The summed E-state index contributed by atoms with van der Waals surface area (Å²) in [5.74, 6) is 1.06. The number of carbonyl (C=O) groups excluding carboxylic acids is 1. The van der Waals surface area contributed by atoms with Gasteiger partial charge in [-0.15, -0.1) is 0 Å². The van der Waals surface area contributed by atoms with Crippen LogP contribution in [-0.4, -0.2) is 32.1 Å². The molecule has 2 aromatic rings. The Kier molecular flexibility index (Phi) is 3.66. The van der Waals surface area contributed by atoms with Gasteiger partial charge in [0, 0.05) is 24.0 Å². The Morgan fingerprint density at radius 2 is 2.11 bits per heavy atom. The summed E-state index contributed by atoms with van der Waals surface area (Å²) in [5.41, 5.74) is 0.872. The van der Waals surface area contributed by atoms with E-state index in [0.29, 0.717) is 11.6 Å². The Morgan fingerprint density at radius 1 is 1.39 bits per heavy atom. The molecule has 0 spiro atoms. The fourth-order valence-electron chi connectivity index (χ4n) is 1.53. The highest BCUT2D eigenvalue weighted by Gasteiger charge is 2.10. The number of aromatic nitrogens is 4. The van der Waals surface area contributed by atoms with Crippen molar-refractivity contribution in [3.8, 4) is 11.4 Å². The molecule has 2 N–H and O–H groups in total. The van der Waals surface area contributed by atoms with Gasteiger partial charge in [0.25, 0.3) is 0 Å². The molecule has 1 amide bonds. The van der Waals surface area contributed by atoms with Gasteiger partial charge in [-0.05, 0) is 26.0 Å². The van der Waals surface area contributed by atoms with Crippen molar-refractivity contribution in [3.05, 3.63) is 30.4 Å². The maximum absolute atomic E-state index is 11.6. The SMILES string of the molecule is CC(C)NC(=O)Cc1nc(-c2ccncc2)n[nH]1. The lowest BCUT2D eigenvalue weighted by atomic mass is 10.2. The van der Waals surface area contributed by atoms with E-state index >= 15 is 0 Å². The van der Waals surface area contributed by atoms with Gasteiger partial charge in [-0.25, -0.2) is 4.98 Å². The number of hydrogen-bond acceptors (Lipinski definition) is 4. The maximum Gasteiger partial charge on any atom is 0.227 e. The Labute approximate surface area is 105 Å². The molecule has 6 heteroatoms. The predicted octanol–water partition coefficient (Wildman–Crippen LogP) is 0.934. The molecule has 2 aromatic heterocycles. The van der Waals surface area contributed by atoms with Crippen LogP contribution in [0.15, 0.2) is 24.5 Å². The molecular formula is C12H15N5O. The van der Waals surface area contributed by atoms with E-state index in [-0.39, 0.29) is 18.4 Å². The molecule has 0 radical (unpaired) electrons. The summed E-state index contributed by atoms with van der Waals surface area (Å²) in [4.78, 5) is 19.8. The van der Waals surface area contributed by atoms with E-state index in [1.54, 1.807) is 12.4 Å². The normalized spacial score (nSPS) is 10.6. The monoisotopic (exact) mass is 245 g/mol. The molecule has 18 heavy (non-hydrogen) atoms. The summed E-state index contributed by atoms with van der Waals surface area (Å²) in [6, 6.07) is 3.77. The highest BCUT2D eigenvalue weighted by atomic mass is 16.1. The van der Waals surface area contributed by atoms with Crippen molar-refractivity contribution in [1.29, 1.82) is 0 Å². The Bertz CT molecular complexity index is 520.